The van der Waals surface area contributed by atoms with Crippen molar-refractivity contribution in [3.8, 4) is 11.8 Å². The zero-order valence-electron chi connectivity index (χ0n) is 16.4. The van der Waals surface area contributed by atoms with Gasteiger partial charge in [0.05, 0.1) is 46.1 Å². The Labute approximate surface area is 181 Å². The van der Waals surface area contributed by atoms with E-state index in [0.717, 1.165) is 47.0 Å². The van der Waals surface area contributed by atoms with E-state index in [0.29, 0.717) is 30.4 Å². The molecule has 2 aromatic carbocycles. The van der Waals surface area contributed by atoms with E-state index < -0.39 is 0 Å². The molecule has 152 valence electrons. The highest BCUT2D eigenvalue weighted by Gasteiger charge is 2.26. The monoisotopic (exact) mass is 429 g/mol. The van der Waals surface area contributed by atoms with E-state index in [1.165, 1.54) is 18.4 Å². The fraction of sp³-hybridized carbons (Fsp3) is 0.409. The molecule has 5 nitrogen and oxygen atoms in total. The molecule has 2 aromatic rings. The molecule has 0 aromatic heterocycles. The van der Waals surface area contributed by atoms with Crippen LogP contribution >= 0.6 is 23.5 Å². The molecule has 7 heteroatoms. The molecule has 29 heavy (non-hydrogen) atoms. The first-order valence-electron chi connectivity index (χ1n) is 9.90. The van der Waals surface area contributed by atoms with Crippen molar-refractivity contribution in [3.63, 3.8) is 0 Å². The first kappa shape index (κ1) is 20.2. The average molecular weight is 430 g/mol. The van der Waals surface area contributed by atoms with Crippen LogP contribution in [0.1, 0.15) is 30.4 Å². The molecule has 2 aliphatic heterocycles. The fourth-order valence-electron chi connectivity index (χ4n) is 3.81. The molecule has 0 aliphatic carbocycles. The predicted octanol–water partition coefficient (Wildman–Crippen LogP) is 5.41. The Morgan fingerprint density at radius 1 is 1.24 bits per heavy atom. The van der Waals surface area contributed by atoms with Crippen molar-refractivity contribution in [3.05, 3.63) is 46.5 Å². The molecule has 4 rings (SSSR count). The van der Waals surface area contributed by atoms with Crippen LogP contribution in [0.5, 0.6) is 5.75 Å². The van der Waals surface area contributed by atoms with Crippen molar-refractivity contribution in [1.29, 1.82) is 5.26 Å². The standard InChI is InChI=1S/C22H24ClN3O2S/c1-15-5-6-21-22(10-15)29-25-19-11-16(13-24)18(23)12-20(19)26-7-3-2-4-17(26)14-27-8-9-28-21/h5-6,10-12,17,25H,2-4,7-9,14H2,1H3. The van der Waals surface area contributed by atoms with Gasteiger partial charge in [-0.3, -0.25) is 0 Å². The van der Waals surface area contributed by atoms with Crippen LogP contribution in [-0.4, -0.2) is 32.4 Å². The van der Waals surface area contributed by atoms with Crippen LogP contribution in [0.4, 0.5) is 11.4 Å². The van der Waals surface area contributed by atoms with Gasteiger partial charge in [0.1, 0.15) is 18.4 Å². The Bertz CT molecular complexity index is 931. The second-order valence-corrected chi connectivity index (χ2v) is 8.64. The van der Waals surface area contributed by atoms with E-state index in [9.17, 15) is 5.26 Å². The number of nitrogens with one attached hydrogen (secondary N) is 1. The molecule has 0 saturated carbocycles. The molecule has 2 heterocycles. The maximum absolute atomic E-state index is 9.47. The summed E-state index contributed by atoms with van der Waals surface area (Å²) >= 11 is 7.91. The van der Waals surface area contributed by atoms with Crippen LogP contribution < -0.4 is 14.4 Å². The first-order chi connectivity index (χ1) is 14.2. The lowest BCUT2D eigenvalue weighted by Crippen LogP contribution is -2.43. The molecule has 1 saturated heterocycles. The number of hydrogen-bond donors (Lipinski definition) is 1. The second-order valence-electron chi connectivity index (χ2n) is 7.38. The van der Waals surface area contributed by atoms with Crippen molar-refractivity contribution in [2.24, 2.45) is 0 Å². The van der Waals surface area contributed by atoms with E-state index >= 15 is 0 Å². The maximum Gasteiger partial charge on any atom is 0.134 e. The van der Waals surface area contributed by atoms with Gasteiger partial charge < -0.3 is 19.1 Å². The van der Waals surface area contributed by atoms with E-state index in [1.54, 1.807) is 0 Å². The molecule has 1 atom stereocenters. The van der Waals surface area contributed by atoms with Crippen molar-refractivity contribution in [2.75, 3.05) is 36.0 Å². The summed E-state index contributed by atoms with van der Waals surface area (Å²) in [5.41, 5.74) is 3.53. The fourth-order valence-corrected chi connectivity index (χ4v) is 4.87. The first-order valence-corrected chi connectivity index (χ1v) is 11.1. The number of hydrogen-bond acceptors (Lipinski definition) is 6. The van der Waals surface area contributed by atoms with Gasteiger partial charge in [0.25, 0.3) is 0 Å². The molecule has 1 unspecified atom stereocenters. The molecule has 1 fully saturated rings. The summed E-state index contributed by atoms with van der Waals surface area (Å²) < 4.78 is 15.4. The number of aryl methyl sites for hydroxylation is 1. The summed E-state index contributed by atoms with van der Waals surface area (Å²) in [5.74, 6) is 0.824. The Morgan fingerprint density at radius 3 is 3.00 bits per heavy atom. The summed E-state index contributed by atoms with van der Waals surface area (Å²) in [7, 11) is 0. The molecule has 1 N–H and O–H groups in total. The highest BCUT2D eigenvalue weighted by atomic mass is 35.5. The Kier molecular flexibility index (Phi) is 6.39. The molecular formula is C22H24ClN3O2S. The van der Waals surface area contributed by atoms with Crippen LogP contribution in [0.3, 0.4) is 0 Å². The number of fused-ring (bicyclic) bond motifs is 4. The summed E-state index contributed by atoms with van der Waals surface area (Å²) in [6, 6.07) is 12.4. The summed E-state index contributed by atoms with van der Waals surface area (Å²) in [6.45, 7) is 4.72. The third kappa shape index (κ3) is 4.58. The van der Waals surface area contributed by atoms with Crippen molar-refractivity contribution in [1.82, 2.24) is 0 Å². The SMILES string of the molecule is Cc1ccc2c(c1)SNc1cc(C#N)c(Cl)cc1N1CCCCC1COCCO2. The summed E-state index contributed by atoms with van der Waals surface area (Å²) in [6.07, 6.45) is 3.39. The zero-order chi connectivity index (χ0) is 20.2. The van der Waals surface area contributed by atoms with Gasteiger partial charge in [-0.2, -0.15) is 5.26 Å². The lowest BCUT2D eigenvalue weighted by atomic mass is 10.0. The van der Waals surface area contributed by atoms with E-state index in [2.05, 4.69) is 28.7 Å². The zero-order valence-corrected chi connectivity index (χ0v) is 18.0. The van der Waals surface area contributed by atoms with Crippen molar-refractivity contribution < 1.29 is 9.47 Å². The van der Waals surface area contributed by atoms with Gasteiger partial charge in [-0.15, -0.1) is 0 Å². The minimum atomic E-state index is 0.281. The van der Waals surface area contributed by atoms with Crippen molar-refractivity contribution in [2.45, 2.75) is 37.1 Å². The van der Waals surface area contributed by atoms with Gasteiger partial charge in [0.2, 0.25) is 0 Å². The highest BCUT2D eigenvalue weighted by molar-refractivity contribution is 8.00. The summed E-state index contributed by atoms with van der Waals surface area (Å²) in [4.78, 5) is 3.37. The Balaban J connectivity index is 1.75. The number of benzene rings is 2. The largest absolute Gasteiger partial charge is 0.490 e. The number of nitriles is 1. The number of ether oxygens (including phenoxy) is 2. The lowest BCUT2D eigenvalue weighted by molar-refractivity contribution is 0.0835. The van der Waals surface area contributed by atoms with Gasteiger partial charge in [-0.1, -0.05) is 17.7 Å². The minimum absolute atomic E-state index is 0.281. The van der Waals surface area contributed by atoms with Crippen molar-refractivity contribution >= 4 is 34.9 Å². The van der Waals surface area contributed by atoms with Gasteiger partial charge >= 0.3 is 0 Å². The Morgan fingerprint density at radius 2 is 2.14 bits per heavy atom. The molecule has 0 radical (unpaired) electrons. The second kappa shape index (κ2) is 9.17. The van der Waals surface area contributed by atoms with Crippen LogP contribution in [0.25, 0.3) is 0 Å². The van der Waals surface area contributed by atoms with Crippen LogP contribution in [0.2, 0.25) is 5.02 Å². The summed E-state index contributed by atoms with van der Waals surface area (Å²) in [5, 5.41) is 9.95. The molecule has 0 amide bonds. The highest BCUT2D eigenvalue weighted by Crippen LogP contribution is 2.39. The third-order valence-electron chi connectivity index (χ3n) is 5.31. The molecular weight excluding hydrogens is 406 g/mol. The van der Waals surface area contributed by atoms with Crippen LogP contribution in [-0.2, 0) is 4.74 Å². The number of rotatable bonds is 0. The predicted molar refractivity (Wildman–Crippen MR) is 118 cm³/mol. The quantitative estimate of drug-likeness (QED) is 0.565. The van der Waals surface area contributed by atoms with Crippen LogP contribution in [0, 0.1) is 18.3 Å². The van der Waals surface area contributed by atoms with E-state index in [-0.39, 0.29) is 6.04 Å². The number of nitrogens with zero attached hydrogens (tertiary/aromatic N) is 2. The molecule has 2 aliphatic rings. The number of halogens is 1. The Hall–Kier alpha value is -2.07. The lowest BCUT2D eigenvalue weighted by Gasteiger charge is -2.38. The van der Waals surface area contributed by atoms with Gasteiger partial charge in [-0.25, -0.2) is 0 Å². The normalized spacial score (nSPS) is 19.6. The minimum Gasteiger partial charge on any atom is -0.490 e. The van der Waals surface area contributed by atoms with E-state index in [1.807, 2.05) is 24.3 Å². The number of anilines is 2. The smallest absolute Gasteiger partial charge is 0.134 e. The topological polar surface area (TPSA) is 57.5 Å². The third-order valence-corrected chi connectivity index (χ3v) is 6.48. The van der Waals surface area contributed by atoms with Gasteiger partial charge in [-0.05, 0) is 68.0 Å². The van der Waals surface area contributed by atoms with Crippen LogP contribution in [0.15, 0.2) is 35.2 Å². The van der Waals surface area contributed by atoms with Gasteiger partial charge in [0.15, 0.2) is 0 Å². The maximum atomic E-state index is 9.47. The molecule has 0 spiro atoms. The number of piperidine rings is 1. The van der Waals surface area contributed by atoms with E-state index in [4.69, 9.17) is 21.1 Å². The average Bonchev–Trinajstić information content (AvgIpc) is 2.74. The van der Waals surface area contributed by atoms with Gasteiger partial charge in [0, 0.05) is 6.54 Å². The molecule has 0 bridgehead atoms.